The maximum absolute atomic E-state index is 12.0. The van der Waals surface area contributed by atoms with Crippen molar-refractivity contribution < 1.29 is 19.1 Å². The van der Waals surface area contributed by atoms with Crippen molar-refractivity contribution in [1.82, 2.24) is 5.32 Å². The summed E-state index contributed by atoms with van der Waals surface area (Å²) in [6.45, 7) is 3.63. The molecule has 2 rings (SSSR count). The van der Waals surface area contributed by atoms with Crippen LogP contribution in [0.4, 0.5) is 5.69 Å². The van der Waals surface area contributed by atoms with Gasteiger partial charge < -0.3 is 15.0 Å². The molecule has 23 heavy (non-hydrogen) atoms. The van der Waals surface area contributed by atoms with Crippen LogP contribution in [0, 0.1) is 0 Å². The Balaban J connectivity index is 2.11. The van der Waals surface area contributed by atoms with Crippen molar-refractivity contribution in [2.75, 3.05) is 18.1 Å². The number of ether oxygens (including phenoxy) is 1. The lowest BCUT2D eigenvalue weighted by Crippen LogP contribution is -2.35. The molecule has 1 aliphatic carbocycles. The summed E-state index contributed by atoms with van der Waals surface area (Å²) in [6, 6.07) is 7.06. The van der Waals surface area contributed by atoms with Gasteiger partial charge in [0.2, 0.25) is 11.8 Å². The molecule has 124 valence electrons. The lowest BCUT2D eigenvalue weighted by molar-refractivity contribution is -0.121. The first-order valence-electron chi connectivity index (χ1n) is 7.86. The molecule has 0 heterocycles. The van der Waals surface area contributed by atoms with Gasteiger partial charge >= 0.3 is 5.97 Å². The molecular weight excluding hydrogens is 296 g/mol. The van der Waals surface area contributed by atoms with E-state index in [1.54, 1.807) is 31.2 Å². The number of carbonyl (C=O) groups excluding carboxylic acids is 3. The second kappa shape index (κ2) is 7.76. The summed E-state index contributed by atoms with van der Waals surface area (Å²) in [6.07, 6.45) is 2.24. The zero-order chi connectivity index (χ0) is 16.8. The minimum atomic E-state index is -0.475. The molecule has 0 saturated heterocycles. The molecule has 0 unspecified atom stereocenters. The van der Waals surface area contributed by atoms with Crippen molar-refractivity contribution in [1.29, 1.82) is 0 Å². The van der Waals surface area contributed by atoms with E-state index < -0.39 is 5.97 Å². The lowest BCUT2D eigenvalue weighted by Gasteiger charge is -2.23. The summed E-state index contributed by atoms with van der Waals surface area (Å²) >= 11 is 0. The van der Waals surface area contributed by atoms with Gasteiger partial charge in [0.05, 0.1) is 17.9 Å². The standard InChI is InChI=1S/C17H22N2O4/c1-3-23-17(22)14-6-4-5-7-15(14)19(12(2)20)11-10-16(21)18-13-8-9-13/h4-7,13H,3,8-11H2,1-2H3,(H,18,21). The smallest absolute Gasteiger partial charge is 0.340 e. The average molecular weight is 318 g/mol. The maximum Gasteiger partial charge on any atom is 0.340 e. The van der Waals surface area contributed by atoms with Gasteiger partial charge in [-0.1, -0.05) is 12.1 Å². The van der Waals surface area contributed by atoms with Crippen molar-refractivity contribution in [3.05, 3.63) is 29.8 Å². The number of benzene rings is 1. The van der Waals surface area contributed by atoms with Crippen LogP contribution in [0.15, 0.2) is 24.3 Å². The largest absolute Gasteiger partial charge is 0.462 e. The van der Waals surface area contributed by atoms with Gasteiger partial charge in [-0.05, 0) is 31.9 Å². The summed E-state index contributed by atoms with van der Waals surface area (Å²) in [5, 5.41) is 2.89. The van der Waals surface area contributed by atoms with Crippen LogP contribution in [-0.2, 0) is 14.3 Å². The van der Waals surface area contributed by atoms with Crippen molar-refractivity contribution in [2.24, 2.45) is 0 Å². The van der Waals surface area contributed by atoms with Gasteiger partial charge in [-0.2, -0.15) is 0 Å². The second-order valence-electron chi connectivity index (χ2n) is 5.50. The normalized spacial score (nSPS) is 13.3. The highest BCUT2D eigenvalue weighted by Crippen LogP contribution is 2.22. The fraction of sp³-hybridized carbons (Fsp3) is 0.471. The van der Waals surface area contributed by atoms with Gasteiger partial charge in [0.15, 0.2) is 0 Å². The van der Waals surface area contributed by atoms with Crippen LogP contribution in [0.25, 0.3) is 0 Å². The third-order valence-electron chi connectivity index (χ3n) is 3.58. The number of carbonyl (C=O) groups is 3. The Morgan fingerprint density at radius 1 is 1.26 bits per heavy atom. The van der Waals surface area contributed by atoms with Crippen molar-refractivity contribution in [3.63, 3.8) is 0 Å². The zero-order valence-electron chi connectivity index (χ0n) is 13.5. The van der Waals surface area contributed by atoms with E-state index in [0.717, 1.165) is 12.8 Å². The topological polar surface area (TPSA) is 75.7 Å². The van der Waals surface area contributed by atoms with Crippen molar-refractivity contribution >= 4 is 23.5 Å². The summed E-state index contributed by atoms with van der Waals surface area (Å²) in [5.74, 6) is -0.773. The molecule has 6 nitrogen and oxygen atoms in total. The summed E-state index contributed by atoms with van der Waals surface area (Å²) < 4.78 is 5.03. The van der Waals surface area contributed by atoms with E-state index >= 15 is 0 Å². The van der Waals surface area contributed by atoms with Crippen LogP contribution < -0.4 is 10.2 Å². The molecule has 1 saturated carbocycles. The third kappa shape index (κ3) is 4.81. The molecule has 0 bridgehead atoms. The lowest BCUT2D eigenvalue weighted by atomic mass is 10.1. The highest BCUT2D eigenvalue weighted by molar-refractivity contribution is 6.02. The molecule has 1 N–H and O–H groups in total. The van der Waals surface area contributed by atoms with E-state index in [-0.39, 0.29) is 31.4 Å². The number of hydrogen-bond acceptors (Lipinski definition) is 4. The number of anilines is 1. The molecule has 0 spiro atoms. The summed E-state index contributed by atoms with van der Waals surface area (Å²) in [7, 11) is 0. The Bertz CT molecular complexity index is 596. The first-order valence-corrected chi connectivity index (χ1v) is 7.86. The van der Waals surface area contributed by atoms with Gasteiger partial charge in [-0.15, -0.1) is 0 Å². The minimum absolute atomic E-state index is 0.0765. The zero-order valence-corrected chi connectivity index (χ0v) is 13.5. The van der Waals surface area contributed by atoms with Crippen molar-refractivity contribution in [2.45, 2.75) is 39.2 Å². The van der Waals surface area contributed by atoms with Crippen LogP contribution in [0.3, 0.4) is 0 Å². The summed E-state index contributed by atoms with van der Waals surface area (Å²) in [5.41, 5.74) is 0.796. The Morgan fingerprint density at radius 3 is 2.57 bits per heavy atom. The Kier molecular flexibility index (Phi) is 5.73. The molecular formula is C17H22N2O4. The fourth-order valence-corrected chi connectivity index (χ4v) is 2.28. The maximum atomic E-state index is 12.0. The number of rotatable bonds is 7. The van der Waals surface area contributed by atoms with E-state index in [9.17, 15) is 14.4 Å². The number of nitrogens with one attached hydrogen (secondary N) is 1. The Morgan fingerprint density at radius 2 is 1.96 bits per heavy atom. The molecule has 0 aliphatic heterocycles. The van der Waals surface area contributed by atoms with Gasteiger partial charge in [-0.25, -0.2) is 4.79 Å². The van der Waals surface area contributed by atoms with Crippen LogP contribution in [0.1, 0.15) is 43.5 Å². The van der Waals surface area contributed by atoms with Crippen LogP contribution >= 0.6 is 0 Å². The fourth-order valence-electron chi connectivity index (χ4n) is 2.28. The second-order valence-corrected chi connectivity index (χ2v) is 5.50. The molecule has 0 atom stereocenters. The molecule has 6 heteroatoms. The number of para-hydroxylation sites is 1. The van der Waals surface area contributed by atoms with Gasteiger partial charge in [0, 0.05) is 25.9 Å². The monoisotopic (exact) mass is 318 g/mol. The van der Waals surface area contributed by atoms with E-state index in [1.807, 2.05) is 0 Å². The highest BCUT2D eigenvalue weighted by Gasteiger charge is 2.24. The SMILES string of the molecule is CCOC(=O)c1ccccc1N(CCC(=O)NC1CC1)C(C)=O. The van der Waals surface area contributed by atoms with E-state index in [4.69, 9.17) is 4.74 Å². The van der Waals surface area contributed by atoms with E-state index in [1.165, 1.54) is 11.8 Å². The minimum Gasteiger partial charge on any atom is -0.462 e. The third-order valence-corrected chi connectivity index (χ3v) is 3.58. The number of nitrogens with zero attached hydrogens (tertiary/aromatic N) is 1. The van der Waals surface area contributed by atoms with Gasteiger partial charge in [0.1, 0.15) is 0 Å². The van der Waals surface area contributed by atoms with Gasteiger partial charge in [0.25, 0.3) is 0 Å². The number of amides is 2. The Labute approximate surface area is 135 Å². The molecule has 0 radical (unpaired) electrons. The van der Waals surface area contributed by atoms with Crippen molar-refractivity contribution in [3.8, 4) is 0 Å². The molecule has 1 aromatic rings. The average Bonchev–Trinajstić information content (AvgIpc) is 3.31. The molecule has 1 aliphatic rings. The first kappa shape index (κ1) is 17.0. The predicted octanol–water partition coefficient (Wildman–Crippen LogP) is 1.88. The van der Waals surface area contributed by atoms with Gasteiger partial charge in [-0.3, -0.25) is 9.59 Å². The summed E-state index contributed by atoms with van der Waals surface area (Å²) in [4.78, 5) is 37.3. The van der Waals surface area contributed by atoms with Crippen LogP contribution in [0.5, 0.6) is 0 Å². The molecule has 1 fully saturated rings. The number of hydrogen-bond donors (Lipinski definition) is 1. The predicted molar refractivity (Wildman–Crippen MR) is 86.2 cm³/mol. The highest BCUT2D eigenvalue weighted by atomic mass is 16.5. The Hall–Kier alpha value is -2.37. The van der Waals surface area contributed by atoms with E-state index in [0.29, 0.717) is 17.3 Å². The van der Waals surface area contributed by atoms with Crippen LogP contribution in [-0.4, -0.2) is 37.0 Å². The van der Waals surface area contributed by atoms with E-state index in [2.05, 4.69) is 5.32 Å². The van der Waals surface area contributed by atoms with Crippen LogP contribution in [0.2, 0.25) is 0 Å². The number of esters is 1. The quantitative estimate of drug-likeness (QED) is 0.779. The first-order chi connectivity index (χ1) is 11.0. The molecule has 2 amide bonds. The molecule has 1 aromatic carbocycles. The molecule has 0 aromatic heterocycles.